The molecule has 74 valence electrons. The second-order valence-corrected chi connectivity index (χ2v) is 8.47. The van der Waals surface area contributed by atoms with Gasteiger partial charge >= 0.3 is 17.4 Å². The lowest BCUT2D eigenvalue weighted by atomic mass is 11.1. The predicted molar refractivity (Wildman–Crippen MR) is 48.0 cm³/mol. The van der Waals surface area contributed by atoms with Gasteiger partial charge in [0.25, 0.3) is 0 Å². The molecule has 6 nitrogen and oxygen atoms in total. The Morgan fingerprint density at radius 1 is 1.33 bits per heavy atom. The normalized spacial score (nSPS) is 13.5. The molecule has 0 unspecified atom stereocenters. The van der Waals surface area contributed by atoms with Gasteiger partial charge < -0.3 is 29.6 Å². The first-order chi connectivity index (χ1) is 5.27. The van der Waals surface area contributed by atoms with E-state index in [9.17, 15) is 14.4 Å². The van der Waals surface area contributed by atoms with Crippen LogP contribution in [0.15, 0.2) is 0 Å². The topological polar surface area (TPSA) is 108 Å². The zero-order chi connectivity index (χ0) is 9.83. The van der Waals surface area contributed by atoms with Crippen molar-refractivity contribution in [2.24, 2.45) is 5.73 Å². The Kier molecular flexibility index (Phi) is 4.51. The van der Waals surface area contributed by atoms with Crippen LogP contribution in [0.1, 0.15) is 0 Å². The fraction of sp³-hybridized carbons (Fsp3) is 1.00. The molecule has 0 atom stereocenters. The highest BCUT2D eigenvalue weighted by atomic mass is 28.5. The third-order valence-corrected chi connectivity index (χ3v) is 4.93. The first kappa shape index (κ1) is 12.2. The van der Waals surface area contributed by atoms with Crippen LogP contribution in [0.5, 0.6) is 0 Å². The number of hydrogen-bond donors (Lipinski definition) is 5. The summed E-state index contributed by atoms with van der Waals surface area (Å²) in [6.45, 7) is 3.07. The molecule has 0 aromatic heterocycles. The Hall–Kier alpha value is 0.194. The zero-order valence-electron chi connectivity index (χ0n) is 7.24. The lowest BCUT2D eigenvalue weighted by Crippen LogP contribution is -2.56. The van der Waals surface area contributed by atoms with E-state index >= 15 is 0 Å². The molecule has 0 fully saturated rings. The Balaban J connectivity index is 3.86. The maximum atomic E-state index is 9.22. The van der Waals surface area contributed by atoms with Gasteiger partial charge in [-0.2, -0.15) is 0 Å². The van der Waals surface area contributed by atoms with Crippen molar-refractivity contribution in [3.8, 4) is 0 Å². The van der Waals surface area contributed by atoms with Crippen LogP contribution in [0, 0.1) is 0 Å². The van der Waals surface area contributed by atoms with Gasteiger partial charge in [0.15, 0.2) is 0 Å². The molecular formula is C4H16N2O4Si2. The van der Waals surface area contributed by atoms with E-state index < -0.39 is 17.4 Å². The minimum atomic E-state index is -3.74. The molecule has 0 aliphatic carbocycles. The molecule has 0 spiro atoms. The van der Waals surface area contributed by atoms with Crippen LogP contribution in [-0.4, -0.2) is 44.6 Å². The minimum Gasteiger partial charge on any atom is -0.411 e. The molecule has 6 N–H and O–H groups in total. The van der Waals surface area contributed by atoms with E-state index in [4.69, 9.17) is 9.85 Å². The van der Waals surface area contributed by atoms with Crippen LogP contribution in [0.2, 0.25) is 13.1 Å². The number of nitrogens with two attached hydrogens (primary N) is 1. The van der Waals surface area contributed by atoms with E-state index in [0.717, 1.165) is 0 Å². The van der Waals surface area contributed by atoms with Gasteiger partial charge in [-0.25, -0.2) is 0 Å². The maximum Gasteiger partial charge on any atom is 0.501 e. The molecule has 0 radical (unpaired) electrons. The van der Waals surface area contributed by atoms with Gasteiger partial charge in [-0.15, -0.1) is 0 Å². The third kappa shape index (κ3) is 6.88. The first-order valence-corrected chi connectivity index (χ1v) is 8.41. The van der Waals surface area contributed by atoms with Crippen molar-refractivity contribution < 1.29 is 18.5 Å². The Bertz CT molecular complexity index is 138. The lowest BCUT2D eigenvalue weighted by molar-refractivity contribution is 0.208. The highest BCUT2D eigenvalue weighted by molar-refractivity contribution is 6.75. The van der Waals surface area contributed by atoms with E-state index in [1.54, 1.807) is 0 Å². The fourth-order valence-electron chi connectivity index (χ4n) is 0.671. The molecule has 8 heteroatoms. The van der Waals surface area contributed by atoms with Gasteiger partial charge in [0.05, 0.1) is 6.17 Å². The maximum absolute atomic E-state index is 9.22. The smallest absolute Gasteiger partial charge is 0.411 e. The summed E-state index contributed by atoms with van der Waals surface area (Å²) >= 11 is 0. The van der Waals surface area contributed by atoms with Crippen LogP contribution in [0.3, 0.4) is 0 Å². The summed E-state index contributed by atoms with van der Waals surface area (Å²) in [5, 5.41) is 2.54. The summed E-state index contributed by atoms with van der Waals surface area (Å²) in [7, 11) is -6.60. The molecule has 0 saturated carbocycles. The molecule has 12 heavy (non-hydrogen) atoms. The van der Waals surface area contributed by atoms with E-state index in [2.05, 4.69) is 5.32 Å². The second-order valence-electron chi connectivity index (χ2n) is 2.92. The van der Waals surface area contributed by atoms with Gasteiger partial charge in [-0.3, -0.25) is 0 Å². The Morgan fingerprint density at radius 2 is 1.83 bits per heavy atom. The second kappa shape index (κ2) is 4.44. The summed E-state index contributed by atoms with van der Waals surface area (Å²) < 4.78 is 4.75. The van der Waals surface area contributed by atoms with Crippen molar-refractivity contribution in [2.75, 3.05) is 12.8 Å². The molecule has 0 rings (SSSR count). The van der Waals surface area contributed by atoms with Crippen LogP contribution in [-0.2, 0) is 4.12 Å². The van der Waals surface area contributed by atoms with Crippen LogP contribution < -0.4 is 11.1 Å². The van der Waals surface area contributed by atoms with Gasteiger partial charge in [0.1, 0.15) is 0 Å². The molecule has 0 aliphatic rings. The van der Waals surface area contributed by atoms with Gasteiger partial charge in [0, 0.05) is 6.67 Å². The van der Waals surface area contributed by atoms with Gasteiger partial charge in [-0.05, 0) is 13.1 Å². The van der Waals surface area contributed by atoms with Crippen molar-refractivity contribution in [1.29, 1.82) is 0 Å². The molecular weight excluding hydrogens is 196 g/mol. The van der Waals surface area contributed by atoms with E-state index in [0.29, 0.717) is 0 Å². The van der Waals surface area contributed by atoms with Crippen molar-refractivity contribution in [2.45, 2.75) is 13.1 Å². The number of hydrogen-bond acceptors (Lipinski definition) is 6. The molecule has 0 aromatic carbocycles. The van der Waals surface area contributed by atoms with Crippen LogP contribution in [0.4, 0.5) is 0 Å². The van der Waals surface area contributed by atoms with Crippen molar-refractivity contribution in [3.05, 3.63) is 0 Å². The Morgan fingerprint density at radius 3 is 2.17 bits per heavy atom. The zero-order valence-corrected chi connectivity index (χ0v) is 9.24. The fourth-order valence-corrected chi connectivity index (χ4v) is 4.63. The molecule has 0 bridgehead atoms. The van der Waals surface area contributed by atoms with Crippen LogP contribution in [0.25, 0.3) is 0 Å². The quantitative estimate of drug-likeness (QED) is 0.258. The molecule has 0 amide bonds. The van der Waals surface area contributed by atoms with Crippen LogP contribution >= 0.6 is 0 Å². The summed E-state index contributed by atoms with van der Waals surface area (Å²) in [5.41, 5.74) is 5.08. The highest BCUT2D eigenvalue weighted by Gasteiger charge is 2.39. The standard InChI is InChI=1S/C4H16N2O4Si2/c1-11(2,7)10-12(8,9)4-6-3-5/h6-9H,3-5H2,1-2H3. The number of rotatable bonds is 5. The summed E-state index contributed by atoms with van der Waals surface area (Å²) in [4.78, 5) is 27.6. The van der Waals surface area contributed by atoms with Crippen molar-refractivity contribution >= 4 is 17.4 Å². The lowest BCUT2D eigenvalue weighted by Gasteiger charge is -2.24. The summed E-state index contributed by atoms with van der Waals surface area (Å²) in [5.74, 6) is 0. The molecule has 0 heterocycles. The largest absolute Gasteiger partial charge is 0.501 e. The minimum absolute atomic E-state index is 0.0967. The van der Waals surface area contributed by atoms with Crippen molar-refractivity contribution in [1.82, 2.24) is 5.32 Å². The Labute approximate surface area is 73.6 Å². The highest BCUT2D eigenvalue weighted by Crippen LogP contribution is 2.05. The SMILES string of the molecule is C[Si](C)(O)O[Si](O)(O)CNCN. The van der Waals surface area contributed by atoms with E-state index in [1.165, 1.54) is 13.1 Å². The summed E-state index contributed by atoms with van der Waals surface area (Å²) in [6, 6.07) is 0. The average molecular weight is 212 g/mol. The van der Waals surface area contributed by atoms with Gasteiger partial charge in [-0.1, -0.05) is 0 Å². The van der Waals surface area contributed by atoms with Gasteiger partial charge in [0.2, 0.25) is 0 Å². The first-order valence-electron chi connectivity index (χ1n) is 3.55. The van der Waals surface area contributed by atoms with E-state index in [-0.39, 0.29) is 12.8 Å². The molecule has 0 aromatic rings. The van der Waals surface area contributed by atoms with Crippen molar-refractivity contribution in [3.63, 3.8) is 0 Å². The monoisotopic (exact) mass is 212 g/mol. The third-order valence-electron chi connectivity index (χ3n) is 0.913. The number of nitrogens with one attached hydrogen (secondary N) is 1. The summed E-state index contributed by atoms with van der Waals surface area (Å²) in [6.07, 6.45) is -0.0967. The van der Waals surface area contributed by atoms with E-state index in [1.807, 2.05) is 0 Å². The molecule has 0 aliphatic heterocycles. The average Bonchev–Trinajstić information content (AvgIpc) is 1.78. The molecule has 0 saturated heterocycles. The predicted octanol–water partition coefficient (Wildman–Crippen LogP) is -2.33.